The number of esters is 1. The van der Waals surface area contributed by atoms with E-state index in [1.807, 2.05) is 0 Å². The van der Waals surface area contributed by atoms with Crippen LogP contribution in [0.1, 0.15) is 22.0 Å². The van der Waals surface area contributed by atoms with Gasteiger partial charge in [-0.1, -0.05) is 17.7 Å². The van der Waals surface area contributed by atoms with E-state index in [1.165, 1.54) is 36.4 Å². The Morgan fingerprint density at radius 3 is 2.90 bits per heavy atom. The highest BCUT2D eigenvalue weighted by molar-refractivity contribution is 6.30. The zero-order valence-corrected chi connectivity index (χ0v) is 16.8. The predicted octanol–water partition coefficient (Wildman–Crippen LogP) is 3.41. The minimum atomic E-state index is -1.10. The highest BCUT2D eigenvalue weighted by atomic mass is 35.5. The summed E-state index contributed by atoms with van der Waals surface area (Å²) in [7, 11) is 1.24. The number of methoxy groups -OCH3 is 1. The fourth-order valence-corrected chi connectivity index (χ4v) is 3.34. The van der Waals surface area contributed by atoms with Crippen molar-refractivity contribution in [1.82, 2.24) is 9.88 Å². The number of carboxylic acid groups (broad SMARTS) is 1. The van der Waals surface area contributed by atoms with Crippen molar-refractivity contribution in [3.05, 3.63) is 58.5 Å². The summed E-state index contributed by atoms with van der Waals surface area (Å²) in [6.07, 6.45) is -0.285. The third kappa shape index (κ3) is 4.98. The Bertz CT molecular complexity index is 928. The highest BCUT2D eigenvalue weighted by Gasteiger charge is 2.32. The minimum Gasteiger partial charge on any atom is -0.477 e. The fourth-order valence-electron chi connectivity index (χ4n) is 3.22. The lowest BCUT2D eigenvalue weighted by Gasteiger charge is -2.27. The van der Waals surface area contributed by atoms with Gasteiger partial charge in [0, 0.05) is 25.2 Å². The summed E-state index contributed by atoms with van der Waals surface area (Å²) in [6, 6.07) is 7.38. The fraction of sp³-hybridized carbons (Fsp3) is 0.350. The maximum atomic E-state index is 14.0. The van der Waals surface area contributed by atoms with Gasteiger partial charge in [0.15, 0.2) is 0 Å². The van der Waals surface area contributed by atoms with Crippen LogP contribution in [-0.2, 0) is 9.47 Å². The second-order valence-corrected chi connectivity index (χ2v) is 7.02. The first-order valence-electron chi connectivity index (χ1n) is 9.11. The number of carbonyl (C=O) groups is 2. The maximum Gasteiger partial charge on any atom is 0.407 e. The number of benzene rings is 1. The quantitative estimate of drug-likeness (QED) is 0.714. The first-order chi connectivity index (χ1) is 14.4. The summed E-state index contributed by atoms with van der Waals surface area (Å²) in [4.78, 5) is 28.7. The molecule has 1 amide bonds. The molecule has 2 aromatic rings. The molecule has 10 heteroatoms. The molecule has 1 aromatic carbocycles. The van der Waals surface area contributed by atoms with Crippen molar-refractivity contribution in [2.24, 2.45) is 5.92 Å². The van der Waals surface area contributed by atoms with Crippen LogP contribution in [0.25, 0.3) is 0 Å². The van der Waals surface area contributed by atoms with Crippen LogP contribution in [0, 0.1) is 11.7 Å². The molecular formula is C20H20ClFN2O6. The van der Waals surface area contributed by atoms with Crippen LogP contribution < -0.4 is 4.74 Å². The average Bonchev–Trinajstić information content (AvgIpc) is 2.96. The highest BCUT2D eigenvalue weighted by Crippen LogP contribution is 2.32. The second kappa shape index (κ2) is 9.73. The van der Waals surface area contributed by atoms with E-state index in [9.17, 15) is 19.1 Å². The summed E-state index contributed by atoms with van der Waals surface area (Å²) in [6.45, 7) is 0.356. The number of halogens is 2. The molecule has 0 spiro atoms. The molecule has 0 bridgehead atoms. The number of nitrogens with zero attached hydrogens (tertiary/aromatic N) is 2. The van der Waals surface area contributed by atoms with Gasteiger partial charge in [-0.3, -0.25) is 0 Å². The number of ether oxygens (including phenoxy) is 3. The Labute approximate surface area is 177 Å². The number of rotatable bonds is 5. The maximum absolute atomic E-state index is 14.0. The van der Waals surface area contributed by atoms with Crippen molar-refractivity contribution >= 4 is 23.7 Å². The van der Waals surface area contributed by atoms with Crippen molar-refractivity contribution in [2.75, 3.05) is 33.4 Å². The van der Waals surface area contributed by atoms with E-state index < -0.39 is 29.9 Å². The Balaban J connectivity index is 1.87. The molecule has 8 nitrogen and oxygen atoms in total. The molecule has 1 aliphatic heterocycles. The van der Waals surface area contributed by atoms with Gasteiger partial charge in [-0.25, -0.2) is 19.0 Å². The van der Waals surface area contributed by atoms with Crippen LogP contribution >= 0.6 is 11.6 Å². The van der Waals surface area contributed by atoms with E-state index in [4.69, 9.17) is 25.8 Å². The third-order valence-corrected chi connectivity index (χ3v) is 5.00. The SMILES string of the molecule is COC(=O)c1cccnc1OC[C@@H]1CN(C(=O)O)CCO[C@H]1c1ccc(Cl)c(F)c1. The molecule has 1 saturated heterocycles. The Hall–Kier alpha value is -2.91. The summed E-state index contributed by atoms with van der Waals surface area (Å²) in [5, 5.41) is 9.41. The third-order valence-electron chi connectivity index (χ3n) is 4.69. The van der Waals surface area contributed by atoms with Crippen LogP contribution in [0.4, 0.5) is 9.18 Å². The summed E-state index contributed by atoms with van der Waals surface area (Å²) < 4.78 is 30.4. The van der Waals surface area contributed by atoms with E-state index >= 15 is 0 Å². The van der Waals surface area contributed by atoms with Gasteiger partial charge in [0.1, 0.15) is 11.4 Å². The molecule has 0 unspecified atom stereocenters. The van der Waals surface area contributed by atoms with E-state index in [2.05, 4.69) is 4.98 Å². The van der Waals surface area contributed by atoms with Crippen LogP contribution in [0.15, 0.2) is 36.5 Å². The minimum absolute atomic E-state index is 0.0245. The lowest BCUT2D eigenvalue weighted by molar-refractivity contribution is 0.0142. The van der Waals surface area contributed by atoms with Gasteiger partial charge < -0.3 is 24.2 Å². The largest absolute Gasteiger partial charge is 0.477 e. The molecule has 0 aliphatic carbocycles. The summed E-state index contributed by atoms with van der Waals surface area (Å²) in [5.74, 6) is -1.67. The Morgan fingerprint density at radius 2 is 2.20 bits per heavy atom. The number of carbonyl (C=O) groups excluding carboxylic acids is 1. The summed E-state index contributed by atoms with van der Waals surface area (Å²) >= 11 is 5.78. The molecule has 30 heavy (non-hydrogen) atoms. The molecule has 1 aromatic heterocycles. The number of aromatic nitrogens is 1. The van der Waals surface area contributed by atoms with Crippen molar-refractivity contribution in [2.45, 2.75) is 6.10 Å². The van der Waals surface area contributed by atoms with Crippen LogP contribution in [-0.4, -0.2) is 60.5 Å². The molecular weight excluding hydrogens is 419 g/mol. The number of amides is 1. The number of hydrogen-bond acceptors (Lipinski definition) is 6. The van der Waals surface area contributed by atoms with Crippen LogP contribution in [0.5, 0.6) is 5.88 Å². The van der Waals surface area contributed by atoms with Crippen molar-refractivity contribution < 1.29 is 33.3 Å². The molecule has 1 fully saturated rings. The van der Waals surface area contributed by atoms with Gasteiger partial charge in [0.05, 0.1) is 31.5 Å². The number of pyridine rings is 1. The molecule has 160 valence electrons. The van der Waals surface area contributed by atoms with Gasteiger partial charge in [-0.15, -0.1) is 0 Å². The predicted molar refractivity (Wildman–Crippen MR) is 104 cm³/mol. The van der Waals surface area contributed by atoms with Crippen LogP contribution in [0.3, 0.4) is 0 Å². The van der Waals surface area contributed by atoms with Crippen molar-refractivity contribution in [3.63, 3.8) is 0 Å². The number of hydrogen-bond donors (Lipinski definition) is 1. The lowest BCUT2D eigenvalue weighted by atomic mass is 9.95. The van der Waals surface area contributed by atoms with E-state index in [0.717, 1.165) is 0 Å². The Morgan fingerprint density at radius 1 is 1.40 bits per heavy atom. The second-order valence-electron chi connectivity index (χ2n) is 6.61. The first kappa shape index (κ1) is 21.8. The summed E-state index contributed by atoms with van der Waals surface area (Å²) in [5.41, 5.74) is 0.644. The zero-order valence-electron chi connectivity index (χ0n) is 16.1. The normalized spacial score (nSPS) is 19.1. The zero-order chi connectivity index (χ0) is 21.7. The molecule has 1 aliphatic rings. The standard InChI is InChI=1S/C20H20ClFN2O6/c1-28-19(25)14-3-2-6-23-18(14)30-11-13-10-24(20(26)27)7-8-29-17(13)12-4-5-15(21)16(22)9-12/h2-6,9,13,17H,7-8,10-11H2,1H3,(H,26,27)/t13-,17-/m0/s1. The molecule has 0 radical (unpaired) electrons. The first-order valence-corrected chi connectivity index (χ1v) is 9.49. The van der Waals surface area contributed by atoms with Gasteiger partial charge in [-0.05, 0) is 29.8 Å². The van der Waals surface area contributed by atoms with E-state index in [0.29, 0.717) is 5.56 Å². The average molecular weight is 439 g/mol. The van der Waals surface area contributed by atoms with Crippen LogP contribution in [0.2, 0.25) is 5.02 Å². The molecule has 0 saturated carbocycles. The van der Waals surface area contributed by atoms with Gasteiger partial charge in [-0.2, -0.15) is 0 Å². The van der Waals surface area contributed by atoms with Gasteiger partial charge in [0.2, 0.25) is 5.88 Å². The van der Waals surface area contributed by atoms with Gasteiger partial charge >= 0.3 is 12.1 Å². The molecule has 1 N–H and O–H groups in total. The van der Waals surface area contributed by atoms with E-state index in [-0.39, 0.29) is 42.8 Å². The van der Waals surface area contributed by atoms with E-state index in [1.54, 1.807) is 12.1 Å². The monoisotopic (exact) mass is 438 g/mol. The van der Waals surface area contributed by atoms with Gasteiger partial charge in [0.25, 0.3) is 0 Å². The Kier molecular flexibility index (Phi) is 7.07. The lowest BCUT2D eigenvalue weighted by Crippen LogP contribution is -2.37. The van der Waals surface area contributed by atoms with Crippen molar-refractivity contribution in [1.29, 1.82) is 0 Å². The molecule has 3 rings (SSSR count). The smallest absolute Gasteiger partial charge is 0.407 e. The molecule has 2 atom stereocenters. The van der Waals surface area contributed by atoms with Crippen molar-refractivity contribution in [3.8, 4) is 5.88 Å². The topological polar surface area (TPSA) is 98.2 Å². The molecule has 2 heterocycles.